The zero-order chi connectivity index (χ0) is 12.3. The molecule has 2 heterocycles. The Bertz CT molecular complexity index is 411. The van der Waals surface area contributed by atoms with Crippen LogP contribution in [0.3, 0.4) is 0 Å². The maximum Gasteiger partial charge on any atom is 0.151 e. The van der Waals surface area contributed by atoms with Crippen LogP contribution in [0, 0.1) is 0 Å². The molecule has 1 aliphatic heterocycles. The number of hydrogen-bond donors (Lipinski definition) is 1. The van der Waals surface area contributed by atoms with E-state index in [1.54, 1.807) is 30.2 Å². The van der Waals surface area contributed by atoms with Crippen LogP contribution in [0.1, 0.15) is 12.5 Å². The van der Waals surface area contributed by atoms with E-state index in [2.05, 4.69) is 11.9 Å². The summed E-state index contributed by atoms with van der Waals surface area (Å²) in [4.78, 5) is 16.2. The van der Waals surface area contributed by atoms with Crippen molar-refractivity contribution in [2.45, 2.75) is 23.8 Å². The Labute approximate surface area is 110 Å². The third kappa shape index (κ3) is 3.16. The molecule has 2 N–H and O–H groups in total. The highest BCUT2D eigenvalue weighted by Gasteiger charge is 2.28. The highest BCUT2D eigenvalue weighted by molar-refractivity contribution is 8.07. The van der Waals surface area contributed by atoms with E-state index in [0.29, 0.717) is 17.4 Å². The number of Topliss-reactive ketones (excluding diaryl/α,β-unsaturated/α-hetero) is 1. The molecule has 0 saturated carbocycles. The van der Waals surface area contributed by atoms with Gasteiger partial charge in [0.05, 0.1) is 5.25 Å². The molecule has 2 unspecified atom stereocenters. The van der Waals surface area contributed by atoms with Gasteiger partial charge in [-0.1, -0.05) is 6.92 Å². The van der Waals surface area contributed by atoms with Crippen LogP contribution in [0.2, 0.25) is 0 Å². The molecule has 1 saturated heterocycles. The summed E-state index contributed by atoms with van der Waals surface area (Å²) < 4.78 is 0. The number of anilines is 1. The fourth-order valence-electron chi connectivity index (χ4n) is 1.86. The minimum atomic E-state index is 0.105. The first-order valence-corrected chi connectivity index (χ1v) is 7.72. The Morgan fingerprint density at radius 1 is 1.53 bits per heavy atom. The van der Waals surface area contributed by atoms with Crippen molar-refractivity contribution >= 4 is 35.0 Å². The van der Waals surface area contributed by atoms with Gasteiger partial charge in [-0.25, -0.2) is 0 Å². The molecule has 1 fully saturated rings. The summed E-state index contributed by atoms with van der Waals surface area (Å²) in [6.45, 7) is 2.13. The lowest BCUT2D eigenvalue weighted by atomic mass is 10.1. The van der Waals surface area contributed by atoms with Gasteiger partial charge in [0.2, 0.25) is 0 Å². The first kappa shape index (κ1) is 12.8. The van der Waals surface area contributed by atoms with Crippen LogP contribution in [-0.4, -0.2) is 32.8 Å². The number of carbonyl (C=O) groups is 1. The Morgan fingerprint density at radius 2 is 2.29 bits per heavy atom. The minimum absolute atomic E-state index is 0.105. The third-order valence-electron chi connectivity index (χ3n) is 2.81. The molecule has 0 aromatic carbocycles. The van der Waals surface area contributed by atoms with Crippen molar-refractivity contribution in [3.8, 4) is 0 Å². The van der Waals surface area contributed by atoms with Crippen molar-refractivity contribution in [2.24, 2.45) is 0 Å². The molecule has 1 aromatic rings. The van der Waals surface area contributed by atoms with Crippen LogP contribution in [0.25, 0.3) is 0 Å². The second-order valence-corrected chi connectivity index (χ2v) is 6.82. The van der Waals surface area contributed by atoms with Gasteiger partial charge in [-0.2, -0.15) is 11.8 Å². The van der Waals surface area contributed by atoms with Crippen molar-refractivity contribution in [2.75, 3.05) is 17.2 Å². The first-order chi connectivity index (χ1) is 8.18. The van der Waals surface area contributed by atoms with E-state index in [-0.39, 0.29) is 11.0 Å². The molecule has 2 rings (SSSR count). The number of carbonyl (C=O) groups excluding carboxylic acids is 1. The zero-order valence-electron chi connectivity index (χ0n) is 9.76. The molecule has 5 heteroatoms. The largest absolute Gasteiger partial charge is 0.398 e. The van der Waals surface area contributed by atoms with Gasteiger partial charge in [-0.05, 0) is 6.07 Å². The Hall–Kier alpha value is -0.680. The molecule has 17 heavy (non-hydrogen) atoms. The van der Waals surface area contributed by atoms with Gasteiger partial charge < -0.3 is 5.73 Å². The highest BCUT2D eigenvalue weighted by atomic mass is 32.2. The van der Waals surface area contributed by atoms with Crippen LogP contribution in [0.15, 0.2) is 18.5 Å². The summed E-state index contributed by atoms with van der Waals surface area (Å²) >= 11 is 3.65. The van der Waals surface area contributed by atoms with E-state index in [4.69, 9.17) is 5.73 Å². The van der Waals surface area contributed by atoms with Crippen molar-refractivity contribution < 1.29 is 4.79 Å². The fraction of sp³-hybridized carbons (Fsp3) is 0.500. The second-order valence-electron chi connectivity index (χ2n) is 4.08. The monoisotopic (exact) mass is 268 g/mol. The van der Waals surface area contributed by atoms with E-state index in [1.165, 1.54) is 0 Å². The summed E-state index contributed by atoms with van der Waals surface area (Å²) in [7, 11) is 0. The van der Waals surface area contributed by atoms with Gasteiger partial charge in [0.15, 0.2) is 5.78 Å². The van der Waals surface area contributed by atoms with Crippen LogP contribution >= 0.6 is 23.5 Å². The lowest BCUT2D eigenvalue weighted by Gasteiger charge is -2.26. The van der Waals surface area contributed by atoms with Crippen LogP contribution in [0.4, 0.5) is 5.69 Å². The molecule has 0 amide bonds. The average Bonchev–Trinajstić information content (AvgIpc) is 2.32. The van der Waals surface area contributed by atoms with Crippen LogP contribution in [-0.2, 0) is 11.2 Å². The van der Waals surface area contributed by atoms with Crippen LogP contribution in [0.5, 0.6) is 0 Å². The van der Waals surface area contributed by atoms with Gasteiger partial charge >= 0.3 is 0 Å². The molecular formula is C12H16N2OS2. The van der Waals surface area contributed by atoms with Crippen LogP contribution < -0.4 is 5.73 Å². The molecule has 0 spiro atoms. The van der Waals surface area contributed by atoms with Crippen molar-refractivity contribution in [3.05, 3.63) is 24.0 Å². The summed E-state index contributed by atoms with van der Waals surface area (Å²) in [5.41, 5.74) is 7.34. The van der Waals surface area contributed by atoms with E-state index >= 15 is 0 Å². The lowest BCUT2D eigenvalue weighted by molar-refractivity contribution is -0.117. The number of nitrogens with two attached hydrogens (primary N) is 1. The maximum absolute atomic E-state index is 12.2. The summed E-state index contributed by atoms with van der Waals surface area (Å²) in [6.07, 6.45) is 3.75. The van der Waals surface area contributed by atoms with E-state index in [9.17, 15) is 4.79 Å². The van der Waals surface area contributed by atoms with Gasteiger partial charge in [0.25, 0.3) is 0 Å². The number of hydrogen-bond acceptors (Lipinski definition) is 5. The maximum atomic E-state index is 12.2. The molecular weight excluding hydrogens is 252 g/mol. The first-order valence-electron chi connectivity index (χ1n) is 5.63. The summed E-state index contributed by atoms with van der Waals surface area (Å²) in [6, 6.07) is 1.74. The predicted molar refractivity (Wildman–Crippen MR) is 75.5 cm³/mol. The standard InChI is InChI=1S/C12H16N2OS2/c1-8-12(17-5-4-16-8)11(15)6-9-7-14-3-2-10(9)13/h2-3,7-8,12H,4-6H2,1H3,(H2,13,14). The van der Waals surface area contributed by atoms with Gasteiger partial charge in [0, 0.05) is 46.8 Å². The van der Waals surface area contributed by atoms with Crippen molar-refractivity contribution in [3.63, 3.8) is 0 Å². The van der Waals surface area contributed by atoms with Crippen molar-refractivity contribution in [1.82, 2.24) is 4.98 Å². The molecule has 2 atom stereocenters. The Balaban J connectivity index is 2.03. The molecule has 3 nitrogen and oxygen atoms in total. The number of nitrogens with zero attached hydrogens (tertiary/aromatic N) is 1. The molecule has 1 aliphatic rings. The second kappa shape index (κ2) is 5.78. The summed E-state index contributed by atoms with van der Waals surface area (Å²) in [5.74, 6) is 2.48. The lowest BCUT2D eigenvalue weighted by Crippen LogP contribution is -2.32. The van der Waals surface area contributed by atoms with Gasteiger partial charge in [-0.3, -0.25) is 9.78 Å². The number of thioether (sulfide) groups is 2. The zero-order valence-corrected chi connectivity index (χ0v) is 11.4. The topological polar surface area (TPSA) is 56.0 Å². The molecule has 0 bridgehead atoms. The number of nitrogen functional groups attached to an aromatic ring is 1. The van der Waals surface area contributed by atoms with Gasteiger partial charge in [0.1, 0.15) is 0 Å². The molecule has 1 aromatic heterocycles. The molecule has 0 aliphatic carbocycles. The fourth-order valence-corrected chi connectivity index (χ4v) is 4.59. The predicted octanol–water partition coefficient (Wildman–Crippen LogP) is 2.01. The van der Waals surface area contributed by atoms with Crippen molar-refractivity contribution in [1.29, 1.82) is 0 Å². The third-order valence-corrected chi connectivity index (χ3v) is 5.95. The summed E-state index contributed by atoms with van der Waals surface area (Å²) in [5, 5.41) is 0.507. The minimum Gasteiger partial charge on any atom is -0.398 e. The number of pyridine rings is 1. The van der Waals surface area contributed by atoms with E-state index < -0.39 is 0 Å². The molecule has 92 valence electrons. The Kier molecular flexibility index (Phi) is 4.34. The normalized spacial score (nSPS) is 24.5. The quantitative estimate of drug-likeness (QED) is 0.909. The smallest absolute Gasteiger partial charge is 0.151 e. The number of rotatable bonds is 3. The average molecular weight is 268 g/mol. The van der Waals surface area contributed by atoms with E-state index in [1.807, 2.05) is 11.8 Å². The highest BCUT2D eigenvalue weighted by Crippen LogP contribution is 2.32. The van der Waals surface area contributed by atoms with E-state index in [0.717, 1.165) is 17.1 Å². The SMILES string of the molecule is CC1SCCSC1C(=O)Cc1cnccc1N. The number of aromatic nitrogens is 1. The van der Waals surface area contributed by atoms with Gasteiger partial charge in [-0.15, -0.1) is 11.8 Å². The Morgan fingerprint density at radius 3 is 3.00 bits per heavy atom. The number of ketones is 1. The molecule has 0 radical (unpaired) electrons.